The molecule has 1 aliphatic rings. The molecule has 1 fully saturated rings. The zero-order chi connectivity index (χ0) is 12.3. The maximum Gasteiger partial charge on any atom is 0.223 e. The van der Waals surface area contributed by atoms with Crippen LogP contribution in [0.3, 0.4) is 0 Å². The maximum atomic E-state index is 11.9. The van der Waals surface area contributed by atoms with Crippen molar-refractivity contribution in [1.29, 1.82) is 0 Å². The predicted octanol–water partition coefficient (Wildman–Crippen LogP) is 1.77. The normalized spacial score (nSPS) is 21.9. The Balaban J connectivity index is 1.97. The molecule has 0 aliphatic carbocycles. The minimum atomic E-state index is 0.153. The number of amides is 1. The minimum absolute atomic E-state index is 0.153. The number of rotatable bonds is 4. The first-order valence-electron chi connectivity index (χ1n) is 6.28. The fraction of sp³-hybridized carbons (Fsp3) is 0.500. The van der Waals surface area contributed by atoms with E-state index in [2.05, 4.69) is 19.1 Å². The van der Waals surface area contributed by atoms with Gasteiger partial charge in [-0.05, 0) is 12.0 Å². The standard InChI is InChI=1S/C14H20N2O/c1-2-13(15)12-8-14(17)16(10-12)9-11-6-4-3-5-7-11/h3-7,12-13H,2,8-10,15H2,1H3. The minimum Gasteiger partial charge on any atom is -0.338 e. The highest BCUT2D eigenvalue weighted by Gasteiger charge is 2.32. The van der Waals surface area contributed by atoms with Crippen molar-refractivity contribution in [2.45, 2.75) is 32.4 Å². The predicted molar refractivity (Wildman–Crippen MR) is 68.2 cm³/mol. The van der Waals surface area contributed by atoms with Crippen LogP contribution < -0.4 is 5.73 Å². The molecule has 92 valence electrons. The zero-order valence-electron chi connectivity index (χ0n) is 10.3. The molecule has 3 nitrogen and oxygen atoms in total. The van der Waals surface area contributed by atoms with Gasteiger partial charge in [-0.1, -0.05) is 37.3 Å². The molecule has 0 saturated carbocycles. The molecule has 0 radical (unpaired) electrons. The van der Waals surface area contributed by atoms with Crippen LogP contribution in [0, 0.1) is 5.92 Å². The van der Waals surface area contributed by atoms with Crippen LogP contribution >= 0.6 is 0 Å². The molecule has 1 heterocycles. The number of likely N-dealkylation sites (tertiary alicyclic amines) is 1. The highest BCUT2D eigenvalue weighted by molar-refractivity contribution is 5.78. The third-order valence-corrected chi connectivity index (χ3v) is 3.54. The second-order valence-electron chi connectivity index (χ2n) is 4.80. The van der Waals surface area contributed by atoms with E-state index < -0.39 is 0 Å². The Labute approximate surface area is 103 Å². The van der Waals surface area contributed by atoms with E-state index in [1.807, 2.05) is 23.1 Å². The molecule has 0 bridgehead atoms. The highest BCUT2D eigenvalue weighted by Crippen LogP contribution is 2.23. The molecule has 2 atom stereocenters. The topological polar surface area (TPSA) is 46.3 Å². The molecule has 0 spiro atoms. The summed E-state index contributed by atoms with van der Waals surface area (Å²) < 4.78 is 0. The van der Waals surface area contributed by atoms with Crippen LogP contribution in [-0.4, -0.2) is 23.4 Å². The van der Waals surface area contributed by atoms with Crippen molar-refractivity contribution < 1.29 is 4.79 Å². The second kappa shape index (κ2) is 5.32. The number of hydrogen-bond donors (Lipinski definition) is 1. The average Bonchev–Trinajstić information content (AvgIpc) is 2.71. The van der Waals surface area contributed by atoms with Crippen LogP contribution in [0.5, 0.6) is 0 Å². The van der Waals surface area contributed by atoms with Crippen LogP contribution in [0.4, 0.5) is 0 Å². The monoisotopic (exact) mass is 232 g/mol. The molecule has 3 heteroatoms. The number of benzene rings is 1. The van der Waals surface area contributed by atoms with Crippen molar-refractivity contribution in [2.24, 2.45) is 11.7 Å². The summed E-state index contributed by atoms with van der Waals surface area (Å²) in [6, 6.07) is 10.3. The second-order valence-corrected chi connectivity index (χ2v) is 4.80. The van der Waals surface area contributed by atoms with Gasteiger partial charge in [-0.25, -0.2) is 0 Å². The van der Waals surface area contributed by atoms with E-state index in [9.17, 15) is 4.79 Å². The van der Waals surface area contributed by atoms with Gasteiger partial charge >= 0.3 is 0 Å². The van der Waals surface area contributed by atoms with E-state index in [0.29, 0.717) is 18.9 Å². The third-order valence-electron chi connectivity index (χ3n) is 3.54. The van der Waals surface area contributed by atoms with Crippen molar-refractivity contribution in [1.82, 2.24) is 4.90 Å². The molecule has 0 aromatic heterocycles. The van der Waals surface area contributed by atoms with Crippen LogP contribution in [0.2, 0.25) is 0 Å². The molecule has 1 aliphatic heterocycles. The van der Waals surface area contributed by atoms with Gasteiger partial charge in [0.25, 0.3) is 0 Å². The molecular formula is C14H20N2O. The summed E-state index contributed by atoms with van der Waals surface area (Å²) in [5.41, 5.74) is 7.20. The Morgan fingerprint density at radius 1 is 1.41 bits per heavy atom. The Morgan fingerprint density at radius 3 is 2.76 bits per heavy atom. The van der Waals surface area contributed by atoms with Crippen LogP contribution in [0.25, 0.3) is 0 Å². The van der Waals surface area contributed by atoms with Crippen molar-refractivity contribution in [3.05, 3.63) is 35.9 Å². The molecular weight excluding hydrogens is 212 g/mol. The number of nitrogens with two attached hydrogens (primary N) is 1. The number of carbonyl (C=O) groups is 1. The van der Waals surface area contributed by atoms with Gasteiger partial charge in [0, 0.05) is 31.5 Å². The van der Waals surface area contributed by atoms with Gasteiger partial charge in [0.2, 0.25) is 5.91 Å². The first-order valence-corrected chi connectivity index (χ1v) is 6.28. The highest BCUT2D eigenvalue weighted by atomic mass is 16.2. The average molecular weight is 232 g/mol. The van der Waals surface area contributed by atoms with Crippen LogP contribution in [0.15, 0.2) is 30.3 Å². The van der Waals surface area contributed by atoms with E-state index in [4.69, 9.17) is 5.73 Å². The summed E-state index contributed by atoms with van der Waals surface area (Å²) >= 11 is 0. The summed E-state index contributed by atoms with van der Waals surface area (Å²) in [6.07, 6.45) is 1.55. The first kappa shape index (κ1) is 12.1. The SMILES string of the molecule is CCC(N)C1CC(=O)N(Cc2ccccc2)C1. The van der Waals surface area contributed by atoms with Crippen LogP contribution in [0.1, 0.15) is 25.3 Å². The number of nitrogens with zero attached hydrogens (tertiary/aromatic N) is 1. The molecule has 1 amide bonds. The summed E-state index contributed by atoms with van der Waals surface area (Å²) in [5, 5.41) is 0. The summed E-state index contributed by atoms with van der Waals surface area (Å²) in [5.74, 6) is 0.568. The van der Waals surface area contributed by atoms with Crippen molar-refractivity contribution in [3.8, 4) is 0 Å². The lowest BCUT2D eigenvalue weighted by Crippen LogP contribution is -2.32. The summed E-state index contributed by atoms with van der Waals surface area (Å²) in [4.78, 5) is 13.8. The molecule has 2 rings (SSSR count). The Bertz CT molecular complexity index is 377. The third kappa shape index (κ3) is 2.86. The van der Waals surface area contributed by atoms with Gasteiger partial charge in [-0.3, -0.25) is 4.79 Å². The van der Waals surface area contributed by atoms with Gasteiger partial charge in [0.1, 0.15) is 0 Å². The lowest BCUT2D eigenvalue weighted by Gasteiger charge is -2.19. The van der Waals surface area contributed by atoms with Crippen molar-refractivity contribution in [2.75, 3.05) is 6.54 Å². The lowest BCUT2D eigenvalue weighted by molar-refractivity contribution is -0.128. The molecule has 1 aromatic carbocycles. The summed E-state index contributed by atoms with van der Waals surface area (Å²) in [7, 11) is 0. The first-order chi connectivity index (χ1) is 8.20. The quantitative estimate of drug-likeness (QED) is 0.860. The Morgan fingerprint density at radius 2 is 2.12 bits per heavy atom. The molecule has 1 aromatic rings. The molecule has 2 N–H and O–H groups in total. The van der Waals surface area contributed by atoms with Crippen molar-refractivity contribution in [3.63, 3.8) is 0 Å². The molecule has 2 unspecified atom stereocenters. The summed E-state index contributed by atoms with van der Waals surface area (Å²) in [6.45, 7) is 3.60. The number of hydrogen-bond acceptors (Lipinski definition) is 2. The van der Waals surface area contributed by atoms with Gasteiger partial charge in [-0.2, -0.15) is 0 Å². The maximum absolute atomic E-state index is 11.9. The van der Waals surface area contributed by atoms with Gasteiger partial charge in [-0.15, -0.1) is 0 Å². The Hall–Kier alpha value is -1.35. The van der Waals surface area contributed by atoms with Gasteiger partial charge < -0.3 is 10.6 Å². The van der Waals surface area contributed by atoms with Gasteiger partial charge in [0.05, 0.1) is 0 Å². The van der Waals surface area contributed by atoms with Gasteiger partial charge in [0.15, 0.2) is 0 Å². The molecule has 1 saturated heterocycles. The largest absolute Gasteiger partial charge is 0.338 e. The van der Waals surface area contributed by atoms with Crippen LogP contribution in [-0.2, 0) is 11.3 Å². The van der Waals surface area contributed by atoms with E-state index in [1.54, 1.807) is 0 Å². The fourth-order valence-electron chi connectivity index (χ4n) is 2.38. The smallest absolute Gasteiger partial charge is 0.223 e. The van der Waals surface area contributed by atoms with E-state index in [-0.39, 0.29) is 11.9 Å². The fourth-order valence-corrected chi connectivity index (χ4v) is 2.38. The van der Waals surface area contributed by atoms with E-state index in [0.717, 1.165) is 13.0 Å². The van der Waals surface area contributed by atoms with E-state index >= 15 is 0 Å². The van der Waals surface area contributed by atoms with Crippen molar-refractivity contribution >= 4 is 5.91 Å². The Kier molecular flexibility index (Phi) is 3.79. The lowest BCUT2D eigenvalue weighted by atomic mass is 9.98. The molecule has 17 heavy (non-hydrogen) atoms. The van der Waals surface area contributed by atoms with E-state index in [1.165, 1.54) is 5.56 Å². The zero-order valence-corrected chi connectivity index (χ0v) is 10.3. The number of carbonyl (C=O) groups excluding carboxylic acids is 1.